The van der Waals surface area contributed by atoms with Crippen molar-refractivity contribution in [3.05, 3.63) is 53.3 Å². The summed E-state index contributed by atoms with van der Waals surface area (Å²) in [6.45, 7) is 1.84. The van der Waals surface area contributed by atoms with Crippen LogP contribution in [0.3, 0.4) is 0 Å². The van der Waals surface area contributed by atoms with E-state index in [1.54, 1.807) is 18.2 Å². The lowest BCUT2D eigenvalue weighted by atomic mass is 10.2. The maximum absolute atomic E-state index is 12.1. The molecule has 1 aromatic carbocycles. The van der Waals surface area contributed by atoms with Gasteiger partial charge in [-0.2, -0.15) is 0 Å². The van der Waals surface area contributed by atoms with Crippen molar-refractivity contribution in [2.75, 3.05) is 4.72 Å². The van der Waals surface area contributed by atoms with Crippen LogP contribution in [-0.4, -0.2) is 13.4 Å². The lowest BCUT2D eigenvalue weighted by Gasteiger charge is -2.08. The van der Waals surface area contributed by atoms with Gasteiger partial charge in [0.05, 0.1) is 10.6 Å². The van der Waals surface area contributed by atoms with E-state index in [9.17, 15) is 8.42 Å². The molecule has 2 rings (SSSR count). The highest BCUT2D eigenvalue weighted by Crippen LogP contribution is 2.18. The number of rotatable bonds is 3. The van der Waals surface area contributed by atoms with Crippen LogP contribution in [0.4, 0.5) is 5.69 Å². The molecule has 0 unspecified atom stereocenters. The molecule has 0 amide bonds. The third-order valence-corrected chi connectivity index (χ3v) is 3.86. The van der Waals surface area contributed by atoms with Gasteiger partial charge in [-0.25, -0.2) is 13.4 Å². The number of anilines is 1. The molecule has 0 aliphatic carbocycles. The van der Waals surface area contributed by atoms with E-state index in [0.29, 0.717) is 5.69 Å². The summed E-state index contributed by atoms with van der Waals surface area (Å²) in [6.07, 6.45) is 1.44. The molecule has 18 heavy (non-hydrogen) atoms. The Kier molecular flexibility index (Phi) is 3.54. The van der Waals surface area contributed by atoms with Gasteiger partial charge >= 0.3 is 0 Å². The van der Waals surface area contributed by atoms with Gasteiger partial charge in [0.25, 0.3) is 10.0 Å². The van der Waals surface area contributed by atoms with Crippen LogP contribution >= 0.6 is 11.6 Å². The Morgan fingerprint density at radius 2 is 2.00 bits per heavy atom. The largest absolute Gasteiger partial charge is 0.279 e. The highest BCUT2D eigenvalue weighted by molar-refractivity contribution is 7.92. The normalized spacial score (nSPS) is 11.2. The minimum Gasteiger partial charge on any atom is -0.279 e. The smallest absolute Gasteiger partial charge is 0.261 e. The lowest BCUT2D eigenvalue weighted by Crippen LogP contribution is -2.13. The van der Waals surface area contributed by atoms with Crippen LogP contribution in [0.25, 0.3) is 0 Å². The molecule has 2 aromatic rings. The average molecular weight is 283 g/mol. The summed E-state index contributed by atoms with van der Waals surface area (Å²) in [5.41, 5.74) is 1.27. The molecule has 1 heterocycles. The standard InChI is InChI=1S/C12H11ClN2O2S/c1-9-3-2-4-11(7-9)18(16,17)15-10-5-6-14-12(13)8-10/h2-8H,1H3,(H,14,15). The van der Waals surface area contributed by atoms with Gasteiger partial charge in [-0.1, -0.05) is 23.7 Å². The second kappa shape index (κ2) is 4.96. The quantitative estimate of drug-likeness (QED) is 0.881. The Hall–Kier alpha value is -1.59. The van der Waals surface area contributed by atoms with Crippen molar-refractivity contribution >= 4 is 27.3 Å². The van der Waals surface area contributed by atoms with Crippen molar-refractivity contribution in [3.8, 4) is 0 Å². The Morgan fingerprint density at radius 3 is 2.67 bits per heavy atom. The molecule has 0 radical (unpaired) electrons. The number of halogens is 1. The summed E-state index contributed by atoms with van der Waals surface area (Å²) in [5.74, 6) is 0. The van der Waals surface area contributed by atoms with Crippen LogP contribution in [0, 0.1) is 6.92 Å². The highest BCUT2D eigenvalue weighted by atomic mass is 35.5. The molecule has 1 N–H and O–H groups in total. The summed E-state index contributed by atoms with van der Waals surface area (Å²) in [4.78, 5) is 4.01. The van der Waals surface area contributed by atoms with Crippen LogP contribution < -0.4 is 4.72 Å². The monoisotopic (exact) mass is 282 g/mol. The predicted molar refractivity (Wildman–Crippen MR) is 71.2 cm³/mol. The van der Waals surface area contributed by atoms with Crippen molar-refractivity contribution in [3.63, 3.8) is 0 Å². The Bertz CT molecular complexity index is 671. The molecule has 0 atom stereocenters. The first-order chi connectivity index (χ1) is 8.47. The number of aryl methyl sites for hydroxylation is 1. The van der Waals surface area contributed by atoms with E-state index in [-0.39, 0.29) is 10.0 Å². The molecule has 0 aliphatic rings. The zero-order chi connectivity index (χ0) is 13.2. The molecule has 0 saturated carbocycles. The van der Waals surface area contributed by atoms with E-state index in [1.807, 2.05) is 13.0 Å². The zero-order valence-corrected chi connectivity index (χ0v) is 11.2. The van der Waals surface area contributed by atoms with Crippen LogP contribution in [-0.2, 0) is 10.0 Å². The molecule has 0 aliphatic heterocycles. The van der Waals surface area contributed by atoms with E-state index in [2.05, 4.69) is 9.71 Å². The van der Waals surface area contributed by atoms with Crippen molar-refractivity contribution < 1.29 is 8.42 Å². The first-order valence-electron chi connectivity index (χ1n) is 5.18. The summed E-state index contributed by atoms with van der Waals surface area (Å²) in [6, 6.07) is 9.67. The van der Waals surface area contributed by atoms with Gasteiger partial charge in [0, 0.05) is 6.20 Å². The summed E-state index contributed by atoms with van der Waals surface area (Å²) >= 11 is 5.70. The number of nitrogens with zero attached hydrogens (tertiary/aromatic N) is 1. The first-order valence-corrected chi connectivity index (χ1v) is 7.04. The number of pyridine rings is 1. The summed E-state index contributed by atoms with van der Waals surface area (Å²) < 4.78 is 26.6. The van der Waals surface area contributed by atoms with E-state index >= 15 is 0 Å². The van der Waals surface area contributed by atoms with Gasteiger partial charge in [0.1, 0.15) is 5.15 Å². The Morgan fingerprint density at radius 1 is 1.22 bits per heavy atom. The number of hydrogen-bond acceptors (Lipinski definition) is 3. The van der Waals surface area contributed by atoms with Crippen molar-refractivity contribution in [2.24, 2.45) is 0 Å². The van der Waals surface area contributed by atoms with E-state index in [4.69, 9.17) is 11.6 Å². The van der Waals surface area contributed by atoms with Crippen LogP contribution in [0.5, 0.6) is 0 Å². The number of benzene rings is 1. The SMILES string of the molecule is Cc1cccc(S(=O)(=O)Nc2ccnc(Cl)c2)c1. The molecular formula is C12H11ClN2O2S. The molecule has 94 valence electrons. The second-order valence-electron chi connectivity index (χ2n) is 3.79. The maximum Gasteiger partial charge on any atom is 0.261 e. The van der Waals surface area contributed by atoms with Crippen molar-refractivity contribution in [1.82, 2.24) is 4.98 Å². The number of sulfonamides is 1. The van der Waals surface area contributed by atoms with Gasteiger partial charge in [0.2, 0.25) is 0 Å². The predicted octanol–water partition coefficient (Wildman–Crippen LogP) is 2.84. The molecule has 1 aromatic heterocycles. The molecule has 4 nitrogen and oxygen atoms in total. The van der Waals surface area contributed by atoms with Gasteiger partial charge in [-0.05, 0) is 36.8 Å². The lowest BCUT2D eigenvalue weighted by molar-refractivity contribution is 0.601. The third kappa shape index (κ3) is 3.00. The average Bonchev–Trinajstić information content (AvgIpc) is 2.28. The molecule has 6 heteroatoms. The number of aromatic nitrogens is 1. The van der Waals surface area contributed by atoms with E-state index < -0.39 is 10.0 Å². The van der Waals surface area contributed by atoms with Crippen LogP contribution in [0.15, 0.2) is 47.5 Å². The molecule has 0 fully saturated rings. The van der Waals surface area contributed by atoms with Gasteiger partial charge in [-0.15, -0.1) is 0 Å². The zero-order valence-electron chi connectivity index (χ0n) is 9.59. The first kappa shape index (κ1) is 12.9. The fraction of sp³-hybridized carbons (Fsp3) is 0.0833. The minimum atomic E-state index is -3.59. The summed E-state index contributed by atoms with van der Waals surface area (Å²) in [7, 11) is -3.59. The van der Waals surface area contributed by atoms with Crippen molar-refractivity contribution in [1.29, 1.82) is 0 Å². The van der Waals surface area contributed by atoms with Crippen LogP contribution in [0.2, 0.25) is 5.15 Å². The molecule has 0 spiro atoms. The fourth-order valence-electron chi connectivity index (χ4n) is 1.46. The number of hydrogen-bond donors (Lipinski definition) is 1. The Labute approximate surface area is 111 Å². The van der Waals surface area contributed by atoms with Crippen LogP contribution in [0.1, 0.15) is 5.56 Å². The number of nitrogens with one attached hydrogen (secondary N) is 1. The molecular weight excluding hydrogens is 272 g/mol. The molecule has 0 bridgehead atoms. The van der Waals surface area contributed by atoms with Crippen molar-refractivity contribution in [2.45, 2.75) is 11.8 Å². The Balaban J connectivity index is 2.33. The second-order valence-corrected chi connectivity index (χ2v) is 5.86. The van der Waals surface area contributed by atoms with Gasteiger partial charge < -0.3 is 0 Å². The van der Waals surface area contributed by atoms with E-state index in [1.165, 1.54) is 18.3 Å². The van der Waals surface area contributed by atoms with E-state index in [0.717, 1.165) is 5.56 Å². The minimum absolute atomic E-state index is 0.218. The maximum atomic E-state index is 12.1. The highest BCUT2D eigenvalue weighted by Gasteiger charge is 2.14. The van der Waals surface area contributed by atoms with Gasteiger partial charge in [0.15, 0.2) is 0 Å². The van der Waals surface area contributed by atoms with Gasteiger partial charge in [-0.3, -0.25) is 4.72 Å². The topological polar surface area (TPSA) is 59.1 Å². The molecule has 0 saturated heterocycles. The fourth-order valence-corrected chi connectivity index (χ4v) is 2.79. The summed E-state index contributed by atoms with van der Waals surface area (Å²) in [5, 5.41) is 0.236. The third-order valence-electron chi connectivity index (χ3n) is 2.28.